The number of para-hydroxylation sites is 1. The van der Waals surface area contributed by atoms with E-state index in [2.05, 4.69) is 52.2 Å². The summed E-state index contributed by atoms with van der Waals surface area (Å²) in [6.45, 7) is 6.92. The van der Waals surface area contributed by atoms with Gasteiger partial charge < -0.3 is 15.1 Å². The molecule has 6 nitrogen and oxygen atoms in total. The van der Waals surface area contributed by atoms with Crippen molar-refractivity contribution in [1.82, 2.24) is 9.97 Å². The summed E-state index contributed by atoms with van der Waals surface area (Å²) in [6, 6.07) is 17.9. The number of nitrogens with zero attached hydrogens (tertiary/aromatic N) is 4. The summed E-state index contributed by atoms with van der Waals surface area (Å²) >= 11 is 0. The van der Waals surface area contributed by atoms with Gasteiger partial charge in [0.1, 0.15) is 17.8 Å². The van der Waals surface area contributed by atoms with E-state index < -0.39 is 0 Å². The third-order valence-corrected chi connectivity index (χ3v) is 5.29. The molecule has 0 radical (unpaired) electrons. The summed E-state index contributed by atoms with van der Waals surface area (Å²) in [5.74, 6) is 0.503. The topological polar surface area (TPSA) is 61.4 Å². The van der Waals surface area contributed by atoms with E-state index in [0.29, 0.717) is 18.1 Å². The van der Waals surface area contributed by atoms with Crippen molar-refractivity contribution in [2.24, 2.45) is 0 Å². The van der Waals surface area contributed by atoms with Gasteiger partial charge in [0.05, 0.1) is 0 Å². The zero-order valence-electron chi connectivity index (χ0n) is 16.8. The molecule has 3 aromatic rings. The maximum atomic E-state index is 13.0. The normalized spacial score (nSPS) is 12.6. The summed E-state index contributed by atoms with van der Waals surface area (Å²) in [6.07, 6.45) is 2.30. The first-order valence-corrected chi connectivity index (χ1v) is 10.0. The molecule has 1 amide bonds. The number of carbonyl (C=O) groups excluding carboxylic acids is 1. The third-order valence-electron chi connectivity index (χ3n) is 5.29. The molecule has 0 fully saturated rings. The van der Waals surface area contributed by atoms with Gasteiger partial charge in [0.25, 0.3) is 5.91 Å². The Labute approximate surface area is 171 Å². The van der Waals surface area contributed by atoms with Crippen LogP contribution in [0.15, 0.2) is 60.9 Å². The van der Waals surface area contributed by atoms with Crippen LogP contribution in [-0.4, -0.2) is 35.5 Å². The maximum Gasteiger partial charge on any atom is 0.277 e. The first-order valence-electron chi connectivity index (χ1n) is 10.0. The zero-order chi connectivity index (χ0) is 20.2. The quantitative estimate of drug-likeness (QED) is 0.684. The maximum absolute atomic E-state index is 13.0. The molecule has 148 valence electrons. The van der Waals surface area contributed by atoms with Gasteiger partial charge in [-0.2, -0.15) is 0 Å². The highest BCUT2D eigenvalue weighted by Gasteiger charge is 2.26. The molecule has 6 heteroatoms. The molecule has 1 aromatic heterocycles. The minimum atomic E-state index is -0.0997. The van der Waals surface area contributed by atoms with Gasteiger partial charge >= 0.3 is 0 Å². The Balaban J connectivity index is 1.50. The number of fused-ring (bicyclic) bond motifs is 1. The molecule has 29 heavy (non-hydrogen) atoms. The molecule has 0 spiro atoms. The van der Waals surface area contributed by atoms with Crippen molar-refractivity contribution >= 4 is 28.8 Å². The van der Waals surface area contributed by atoms with E-state index in [-0.39, 0.29) is 5.91 Å². The Morgan fingerprint density at radius 2 is 1.83 bits per heavy atom. The molecule has 2 heterocycles. The summed E-state index contributed by atoms with van der Waals surface area (Å²) in [5.41, 5.74) is 4.66. The summed E-state index contributed by atoms with van der Waals surface area (Å²) in [5, 5.41) is 3.27. The zero-order valence-corrected chi connectivity index (χ0v) is 16.8. The highest BCUT2D eigenvalue weighted by atomic mass is 16.2. The molecule has 1 N–H and O–H groups in total. The largest absolute Gasteiger partial charge is 0.372 e. The van der Waals surface area contributed by atoms with Gasteiger partial charge in [0.15, 0.2) is 0 Å². The van der Waals surface area contributed by atoms with Crippen molar-refractivity contribution in [3.8, 4) is 0 Å². The summed E-state index contributed by atoms with van der Waals surface area (Å²) in [4.78, 5) is 25.6. The van der Waals surface area contributed by atoms with Crippen molar-refractivity contribution in [1.29, 1.82) is 0 Å². The summed E-state index contributed by atoms with van der Waals surface area (Å²) < 4.78 is 0. The predicted molar refractivity (Wildman–Crippen MR) is 117 cm³/mol. The highest BCUT2D eigenvalue weighted by molar-refractivity contribution is 6.06. The number of rotatable bonds is 6. The van der Waals surface area contributed by atoms with Crippen molar-refractivity contribution in [3.05, 3.63) is 72.2 Å². The van der Waals surface area contributed by atoms with Gasteiger partial charge in [0.2, 0.25) is 0 Å². The van der Waals surface area contributed by atoms with Crippen LogP contribution < -0.4 is 15.1 Å². The second-order valence-electron chi connectivity index (χ2n) is 6.97. The van der Waals surface area contributed by atoms with Crippen molar-refractivity contribution in [2.45, 2.75) is 20.3 Å². The summed E-state index contributed by atoms with van der Waals surface area (Å²) in [7, 11) is 0. The van der Waals surface area contributed by atoms with E-state index in [0.717, 1.165) is 30.9 Å². The molecular formula is C23H25N5O. The lowest BCUT2D eigenvalue weighted by molar-refractivity contribution is 0.0984. The van der Waals surface area contributed by atoms with Gasteiger partial charge in [-0.15, -0.1) is 0 Å². The van der Waals surface area contributed by atoms with Crippen LogP contribution in [0.2, 0.25) is 0 Å². The van der Waals surface area contributed by atoms with Crippen molar-refractivity contribution < 1.29 is 4.79 Å². The Hall–Kier alpha value is -3.41. The van der Waals surface area contributed by atoms with Crippen LogP contribution in [0.1, 0.15) is 29.9 Å². The third kappa shape index (κ3) is 3.92. The minimum absolute atomic E-state index is 0.0997. The van der Waals surface area contributed by atoms with Gasteiger partial charge in [-0.3, -0.25) is 4.79 Å². The molecule has 0 saturated carbocycles. The lowest BCUT2D eigenvalue weighted by atomic mass is 10.2. The Bertz CT molecular complexity index is 998. The number of amides is 1. The van der Waals surface area contributed by atoms with Crippen LogP contribution in [0, 0.1) is 0 Å². The minimum Gasteiger partial charge on any atom is -0.372 e. The smallest absolute Gasteiger partial charge is 0.277 e. The molecule has 1 aliphatic rings. The number of carbonyl (C=O) groups is 1. The van der Waals surface area contributed by atoms with Gasteiger partial charge in [0, 0.05) is 42.8 Å². The molecule has 0 aliphatic carbocycles. The van der Waals surface area contributed by atoms with Gasteiger partial charge in [-0.1, -0.05) is 18.2 Å². The lowest BCUT2D eigenvalue weighted by Crippen LogP contribution is -2.29. The van der Waals surface area contributed by atoms with E-state index in [9.17, 15) is 4.79 Å². The van der Waals surface area contributed by atoms with Crippen LogP contribution in [0.3, 0.4) is 0 Å². The molecule has 4 rings (SSSR count). The number of hydrogen-bond acceptors (Lipinski definition) is 5. The molecule has 1 aliphatic heterocycles. The van der Waals surface area contributed by atoms with Crippen molar-refractivity contribution in [2.75, 3.05) is 34.8 Å². The molecule has 0 atom stereocenters. The second-order valence-corrected chi connectivity index (χ2v) is 6.97. The predicted octanol–water partition coefficient (Wildman–Crippen LogP) is 4.27. The average molecular weight is 387 g/mol. The van der Waals surface area contributed by atoms with Crippen LogP contribution in [0.25, 0.3) is 0 Å². The Kier molecular flexibility index (Phi) is 5.42. The molecular weight excluding hydrogens is 362 g/mol. The van der Waals surface area contributed by atoms with Crippen molar-refractivity contribution in [3.63, 3.8) is 0 Å². The van der Waals surface area contributed by atoms with E-state index in [4.69, 9.17) is 0 Å². The van der Waals surface area contributed by atoms with E-state index in [1.165, 1.54) is 17.6 Å². The van der Waals surface area contributed by atoms with Gasteiger partial charge in [-0.25, -0.2) is 9.97 Å². The van der Waals surface area contributed by atoms with E-state index in [1.807, 2.05) is 30.3 Å². The van der Waals surface area contributed by atoms with Crippen LogP contribution in [0.5, 0.6) is 0 Å². The average Bonchev–Trinajstić information content (AvgIpc) is 3.20. The number of aromatic nitrogens is 2. The molecule has 2 aromatic carbocycles. The fourth-order valence-electron chi connectivity index (χ4n) is 3.72. The van der Waals surface area contributed by atoms with Gasteiger partial charge in [-0.05, 0) is 56.2 Å². The second kappa shape index (κ2) is 8.31. The highest BCUT2D eigenvalue weighted by Crippen LogP contribution is 2.29. The number of anilines is 4. The molecule has 0 unspecified atom stereocenters. The standard InChI is InChI=1S/C23H25N5O/c1-3-27(4-2)19-11-9-18(10-12-19)26-22-15-20(24-16-25-22)23(29)28-14-13-17-7-5-6-8-21(17)28/h5-12,15-16H,3-4,13-14H2,1-2H3,(H,24,25,26). The number of benzene rings is 2. The lowest BCUT2D eigenvalue weighted by Gasteiger charge is -2.21. The van der Waals surface area contributed by atoms with E-state index in [1.54, 1.807) is 11.0 Å². The monoisotopic (exact) mass is 387 g/mol. The fraction of sp³-hybridized carbons (Fsp3) is 0.261. The van der Waals surface area contributed by atoms with E-state index >= 15 is 0 Å². The first-order chi connectivity index (χ1) is 14.2. The first kappa shape index (κ1) is 18.9. The Morgan fingerprint density at radius 3 is 2.59 bits per heavy atom. The molecule has 0 saturated heterocycles. The SMILES string of the molecule is CCN(CC)c1ccc(Nc2cc(C(=O)N3CCc4ccccc43)ncn2)cc1. The number of hydrogen-bond donors (Lipinski definition) is 1. The number of nitrogens with one attached hydrogen (secondary N) is 1. The van der Waals surface area contributed by atoms with Crippen LogP contribution in [0.4, 0.5) is 22.9 Å². The van der Waals surface area contributed by atoms with Crippen LogP contribution >= 0.6 is 0 Å². The van der Waals surface area contributed by atoms with Crippen LogP contribution in [-0.2, 0) is 6.42 Å². The molecule has 0 bridgehead atoms. The Morgan fingerprint density at radius 1 is 1.07 bits per heavy atom. The fourth-order valence-corrected chi connectivity index (χ4v) is 3.72.